The molecule has 1 aromatic carbocycles. The molecule has 16 heavy (non-hydrogen) atoms. The summed E-state index contributed by atoms with van der Waals surface area (Å²) in [6, 6.07) is 10.1. The highest BCUT2D eigenvalue weighted by atomic mass is 32.1. The first-order chi connectivity index (χ1) is 7.70. The van der Waals surface area contributed by atoms with E-state index >= 15 is 0 Å². The van der Waals surface area contributed by atoms with Gasteiger partial charge in [0.25, 0.3) is 0 Å². The molecule has 3 nitrogen and oxygen atoms in total. The number of rotatable bonds is 2. The van der Waals surface area contributed by atoms with Crippen molar-refractivity contribution < 1.29 is 4.39 Å². The van der Waals surface area contributed by atoms with E-state index in [9.17, 15) is 4.39 Å². The van der Waals surface area contributed by atoms with Gasteiger partial charge in [-0.1, -0.05) is 12.1 Å². The Bertz CT molecular complexity index is 534. The number of hydrogen-bond acceptors (Lipinski definition) is 3. The molecule has 0 spiro atoms. The van der Waals surface area contributed by atoms with Gasteiger partial charge in [0.05, 0.1) is 4.88 Å². The minimum atomic E-state index is -0.257. The summed E-state index contributed by atoms with van der Waals surface area (Å²) in [5, 5.41) is 3.41. The summed E-state index contributed by atoms with van der Waals surface area (Å²) >= 11 is 1.42. The minimum Gasteiger partial charge on any atom is -0.381 e. The number of hydrogen-bond donors (Lipinski definition) is 2. The predicted octanol–water partition coefficient (Wildman–Crippen LogP) is 2.13. The van der Waals surface area contributed by atoms with Crippen LogP contribution in [0.1, 0.15) is 4.88 Å². The Kier molecular flexibility index (Phi) is 2.87. The third-order valence-corrected chi connectivity index (χ3v) is 3.26. The zero-order valence-corrected chi connectivity index (χ0v) is 9.17. The van der Waals surface area contributed by atoms with E-state index in [2.05, 4.69) is 5.10 Å². The fourth-order valence-corrected chi connectivity index (χ4v) is 2.25. The largest absolute Gasteiger partial charge is 0.381 e. The Morgan fingerprint density at radius 2 is 2.06 bits per heavy atom. The molecule has 0 atom stereocenters. The van der Waals surface area contributed by atoms with Crippen molar-refractivity contribution >= 4 is 17.2 Å². The van der Waals surface area contributed by atoms with Gasteiger partial charge in [-0.05, 0) is 29.8 Å². The molecule has 1 heterocycles. The molecule has 0 aliphatic rings. The van der Waals surface area contributed by atoms with Crippen molar-refractivity contribution in [3.05, 3.63) is 47.1 Å². The lowest BCUT2D eigenvalue weighted by atomic mass is 10.2. The number of thiophene rings is 1. The maximum absolute atomic E-state index is 13.0. The van der Waals surface area contributed by atoms with Gasteiger partial charge >= 0.3 is 0 Å². The molecule has 2 aromatic rings. The highest BCUT2D eigenvalue weighted by molar-refractivity contribution is 7.17. The van der Waals surface area contributed by atoms with E-state index in [-0.39, 0.29) is 11.7 Å². The van der Waals surface area contributed by atoms with Crippen LogP contribution >= 0.6 is 11.3 Å². The second-order valence-electron chi connectivity index (χ2n) is 3.19. The lowest BCUT2D eigenvalue weighted by Crippen LogP contribution is -2.13. The maximum Gasteiger partial charge on any atom is 0.160 e. The third-order valence-electron chi connectivity index (χ3n) is 2.11. The molecule has 0 aliphatic heterocycles. The third kappa shape index (κ3) is 2.04. The molecule has 2 rings (SSSR count). The average molecular weight is 235 g/mol. The van der Waals surface area contributed by atoms with Crippen molar-refractivity contribution in [1.82, 2.24) is 0 Å². The number of halogens is 1. The summed E-state index contributed by atoms with van der Waals surface area (Å²) in [6.07, 6.45) is 0. The van der Waals surface area contributed by atoms with Crippen LogP contribution in [0.4, 0.5) is 4.39 Å². The van der Waals surface area contributed by atoms with Crippen LogP contribution in [0.5, 0.6) is 0 Å². The van der Waals surface area contributed by atoms with Crippen LogP contribution in [0.3, 0.4) is 0 Å². The van der Waals surface area contributed by atoms with Gasteiger partial charge in [0.1, 0.15) is 5.82 Å². The van der Waals surface area contributed by atoms with Gasteiger partial charge in [-0.25, -0.2) is 4.39 Å². The molecular formula is C11H10FN3S. The standard InChI is InChI=1S/C11H10FN3S/c12-8-3-1-2-7(6-8)9-4-5-10(16-9)11(13)15-14/h1-6H,14H2,(H2,13,15). The van der Waals surface area contributed by atoms with Gasteiger partial charge in [-0.15, -0.1) is 11.3 Å². The Balaban J connectivity index is 2.39. The first-order valence-corrected chi connectivity index (χ1v) is 5.42. The van der Waals surface area contributed by atoms with Crippen molar-refractivity contribution in [2.75, 3.05) is 0 Å². The molecule has 5 heteroatoms. The molecule has 1 aromatic heterocycles. The smallest absolute Gasteiger partial charge is 0.160 e. The second kappa shape index (κ2) is 4.32. The lowest BCUT2D eigenvalue weighted by Gasteiger charge is -1.96. The number of benzene rings is 1. The number of amidine groups is 1. The van der Waals surface area contributed by atoms with E-state index in [1.807, 2.05) is 18.2 Å². The van der Waals surface area contributed by atoms with E-state index in [4.69, 9.17) is 11.6 Å². The molecule has 0 unspecified atom stereocenters. The fraction of sp³-hybridized carbons (Fsp3) is 0. The Morgan fingerprint density at radius 1 is 1.25 bits per heavy atom. The zero-order valence-electron chi connectivity index (χ0n) is 8.35. The van der Waals surface area contributed by atoms with Crippen molar-refractivity contribution in [2.45, 2.75) is 0 Å². The van der Waals surface area contributed by atoms with Crippen LogP contribution in [0.2, 0.25) is 0 Å². The summed E-state index contributed by atoms with van der Waals surface area (Å²) in [6.45, 7) is 0. The molecule has 0 radical (unpaired) electrons. The second-order valence-corrected chi connectivity index (χ2v) is 4.27. The summed E-state index contributed by atoms with van der Waals surface area (Å²) < 4.78 is 13.0. The van der Waals surface area contributed by atoms with Crippen LogP contribution in [0.15, 0.2) is 41.5 Å². The van der Waals surface area contributed by atoms with Crippen LogP contribution in [0.25, 0.3) is 10.4 Å². The molecule has 0 amide bonds. The van der Waals surface area contributed by atoms with Crippen LogP contribution < -0.4 is 11.6 Å². The van der Waals surface area contributed by atoms with Crippen LogP contribution in [0, 0.1) is 5.82 Å². The van der Waals surface area contributed by atoms with Gasteiger partial charge < -0.3 is 11.6 Å². The fourth-order valence-electron chi connectivity index (χ4n) is 1.34. The molecular weight excluding hydrogens is 225 g/mol. The van der Waals surface area contributed by atoms with Crippen LogP contribution in [-0.2, 0) is 0 Å². The summed E-state index contributed by atoms with van der Waals surface area (Å²) in [7, 11) is 0. The molecule has 0 saturated carbocycles. The molecule has 4 N–H and O–H groups in total. The highest BCUT2D eigenvalue weighted by Gasteiger charge is 2.06. The first-order valence-electron chi connectivity index (χ1n) is 4.60. The van der Waals surface area contributed by atoms with Gasteiger partial charge in [-0.2, -0.15) is 5.10 Å². The maximum atomic E-state index is 13.0. The van der Waals surface area contributed by atoms with Gasteiger partial charge in [0.15, 0.2) is 5.84 Å². The molecule has 0 saturated heterocycles. The molecule has 82 valence electrons. The Morgan fingerprint density at radius 3 is 2.75 bits per heavy atom. The summed E-state index contributed by atoms with van der Waals surface area (Å²) in [5.74, 6) is 5.11. The first kappa shape index (κ1) is 10.6. The zero-order chi connectivity index (χ0) is 11.5. The summed E-state index contributed by atoms with van der Waals surface area (Å²) in [4.78, 5) is 1.71. The SMILES string of the molecule is N/N=C(\N)c1ccc(-c2cccc(F)c2)s1. The highest BCUT2D eigenvalue weighted by Crippen LogP contribution is 2.28. The normalized spacial score (nSPS) is 11.7. The molecule has 0 fully saturated rings. The Hall–Kier alpha value is -1.88. The summed E-state index contributed by atoms with van der Waals surface area (Å²) in [5.41, 5.74) is 6.40. The topological polar surface area (TPSA) is 64.4 Å². The van der Waals surface area contributed by atoms with Crippen molar-refractivity contribution in [2.24, 2.45) is 16.7 Å². The number of nitrogens with zero attached hydrogens (tertiary/aromatic N) is 1. The predicted molar refractivity (Wildman–Crippen MR) is 64.6 cm³/mol. The minimum absolute atomic E-state index is 0.257. The monoisotopic (exact) mass is 235 g/mol. The van der Waals surface area contributed by atoms with E-state index in [1.54, 1.807) is 6.07 Å². The van der Waals surface area contributed by atoms with Crippen molar-refractivity contribution in [3.63, 3.8) is 0 Å². The van der Waals surface area contributed by atoms with Crippen LogP contribution in [-0.4, -0.2) is 5.84 Å². The van der Waals surface area contributed by atoms with E-state index in [0.29, 0.717) is 0 Å². The number of hydrazone groups is 1. The Labute approximate surface area is 96.2 Å². The molecule has 0 aliphatic carbocycles. The van der Waals surface area contributed by atoms with Crippen molar-refractivity contribution in [3.8, 4) is 10.4 Å². The van der Waals surface area contributed by atoms with E-state index in [1.165, 1.54) is 23.5 Å². The van der Waals surface area contributed by atoms with Crippen molar-refractivity contribution in [1.29, 1.82) is 0 Å². The number of nitrogens with two attached hydrogens (primary N) is 2. The van der Waals surface area contributed by atoms with Gasteiger partial charge in [0, 0.05) is 4.88 Å². The quantitative estimate of drug-likeness (QED) is 0.362. The van der Waals surface area contributed by atoms with E-state index < -0.39 is 0 Å². The van der Waals surface area contributed by atoms with Gasteiger partial charge in [-0.3, -0.25) is 0 Å². The average Bonchev–Trinajstić information content (AvgIpc) is 2.77. The van der Waals surface area contributed by atoms with Gasteiger partial charge in [0.2, 0.25) is 0 Å². The van der Waals surface area contributed by atoms with E-state index in [0.717, 1.165) is 15.3 Å². The lowest BCUT2D eigenvalue weighted by molar-refractivity contribution is 0.628. The molecule has 0 bridgehead atoms.